The fraction of sp³-hybridized carbons (Fsp3) is 0.429. The summed E-state index contributed by atoms with van der Waals surface area (Å²) in [6.07, 6.45) is 1.86. The predicted molar refractivity (Wildman–Crippen MR) is 206 cm³/mol. The molecule has 274 valence electrons. The number of hydrogen-bond donors (Lipinski definition) is 2. The summed E-state index contributed by atoms with van der Waals surface area (Å²) in [5.41, 5.74) is 2.59. The van der Waals surface area contributed by atoms with Crippen LogP contribution in [-0.4, -0.2) is 130 Å². The smallest absolute Gasteiger partial charge is 0.219 e. The average molecular weight is 779 g/mol. The first-order valence-corrected chi connectivity index (χ1v) is 18.4. The molecule has 0 saturated carbocycles. The predicted octanol–water partition coefficient (Wildman–Crippen LogP) is 5.82. The van der Waals surface area contributed by atoms with Gasteiger partial charge in [-0.2, -0.15) is 10.2 Å². The van der Waals surface area contributed by atoms with Crippen LogP contribution in [0.2, 0.25) is 20.1 Å². The van der Waals surface area contributed by atoms with E-state index in [4.69, 9.17) is 46.4 Å². The van der Waals surface area contributed by atoms with Crippen molar-refractivity contribution in [3.63, 3.8) is 0 Å². The Kier molecular flexibility index (Phi) is 13.9. The summed E-state index contributed by atoms with van der Waals surface area (Å²) < 4.78 is 3.54. The molecule has 2 fully saturated rings. The van der Waals surface area contributed by atoms with Gasteiger partial charge in [0.2, 0.25) is 11.8 Å². The van der Waals surface area contributed by atoms with Crippen LogP contribution in [0.15, 0.2) is 54.7 Å². The Balaban J connectivity index is 0.000000198. The van der Waals surface area contributed by atoms with E-state index >= 15 is 0 Å². The molecule has 2 aromatic heterocycles. The van der Waals surface area contributed by atoms with Gasteiger partial charge in [-0.25, -0.2) is 9.36 Å². The minimum atomic E-state index is 0.157. The molecule has 16 heteroatoms. The lowest BCUT2D eigenvalue weighted by molar-refractivity contribution is -0.131. The van der Waals surface area contributed by atoms with Crippen LogP contribution in [0.25, 0.3) is 11.4 Å². The molecule has 2 N–H and O–H groups in total. The third-order valence-corrected chi connectivity index (χ3v) is 9.95. The van der Waals surface area contributed by atoms with Crippen molar-refractivity contribution in [2.45, 2.75) is 20.8 Å². The number of nitrogens with zero attached hydrogens (tertiary/aromatic N) is 8. The van der Waals surface area contributed by atoms with E-state index in [1.807, 2.05) is 51.9 Å². The molecule has 0 spiro atoms. The Hall–Kier alpha value is -3.52. The van der Waals surface area contributed by atoms with Gasteiger partial charge in [0.25, 0.3) is 0 Å². The molecule has 51 heavy (non-hydrogen) atoms. The van der Waals surface area contributed by atoms with Crippen LogP contribution in [0.4, 0.5) is 11.6 Å². The van der Waals surface area contributed by atoms with Gasteiger partial charge in [0.15, 0.2) is 0 Å². The van der Waals surface area contributed by atoms with Gasteiger partial charge in [-0.1, -0.05) is 46.4 Å². The maximum absolute atomic E-state index is 11.4. The van der Waals surface area contributed by atoms with Crippen LogP contribution in [0.1, 0.15) is 19.5 Å². The van der Waals surface area contributed by atoms with Gasteiger partial charge >= 0.3 is 0 Å². The number of carbonyl (C=O) groups is 2. The van der Waals surface area contributed by atoms with Crippen molar-refractivity contribution < 1.29 is 9.59 Å². The van der Waals surface area contributed by atoms with Gasteiger partial charge in [-0.05, 0) is 43.3 Å². The molecule has 2 aliphatic rings. The lowest BCUT2D eigenvalue weighted by Gasteiger charge is -2.34. The Morgan fingerprint density at radius 1 is 0.647 bits per heavy atom. The topological polar surface area (TPSA) is 107 Å². The molecule has 0 atom stereocenters. The number of hydrogen-bond acceptors (Lipinski definition) is 8. The summed E-state index contributed by atoms with van der Waals surface area (Å²) >= 11 is 24.4. The summed E-state index contributed by atoms with van der Waals surface area (Å²) in [6, 6.07) is 14.6. The summed E-state index contributed by atoms with van der Waals surface area (Å²) in [6.45, 7) is 15.5. The minimum absolute atomic E-state index is 0.157. The monoisotopic (exact) mass is 776 g/mol. The largest absolute Gasteiger partial charge is 0.367 e. The van der Waals surface area contributed by atoms with Crippen LogP contribution in [-0.2, 0) is 9.59 Å². The van der Waals surface area contributed by atoms with Gasteiger partial charge in [-0.15, -0.1) is 0 Å². The Morgan fingerprint density at radius 2 is 1.14 bits per heavy atom. The quantitative estimate of drug-likeness (QED) is 0.208. The summed E-state index contributed by atoms with van der Waals surface area (Å²) in [4.78, 5) is 31.2. The number of piperazine rings is 2. The maximum Gasteiger partial charge on any atom is 0.219 e. The molecule has 0 radical (unpaired) electrons. The van der Waals surface area contributed by atoms with Gasteiger partial charge in [0.05, 0.1) is 21.4 Å². The number of aryl methyl sites for hydroxylation is 1. The molecule has 4 heterocycles. The fourth-order valence-corrected chi connectivity index (χ4v) is 6.92. The molecule has 2 aliphatic heterocycles. The van der Waals surface area contributed by atoms with Gasteiger partial charge in [-0.3, -0.25) is 19.4 Å². The Bertz CT molecular complexity index is 1780. The highest BCUT2D eigenvalue weighted by atomic mass is 35.5. The van der Waals surface area contributed by atoms with Crippen LogP contribution >= 0.6 is 46.4 Å². The molecular weight excluding hydrogens is 734 g/mol. The minimum Gasteiger partial charge on any atom is -0.367 e. The third-order valence-electron chi connectivity index (χ3n) is 8.87. The molecule has 2 saturated heterocycles. The zero-order valence-corrected chi connectivity index (χ0v) is 32.1. The van der Waals surface area contributed by atoms with Crippen molar-refractivity contribution in [1.82, 2.24) is 39.2 Å². The van der Waals surface area contributed by atoms with Gasteiger partial charge < -0.3 is 20.4 Å². The van der Waals surface area contributed by atoms with Crippen molar-refractivity contribution in [3.8, 4) is 11.4 Å². The van der Waals surface area contributed by atoms with E-state index in [1.165, 1.54) is 0 Å². The van der Waals surface area contributed by atoms with Crippen LogP contribution in [0.5, 0.6) is 0 Å². The SMILES string of the molecule is CC(=O)N1CCN(CCNc2cc(C)n(-c3ccc(Cl)cc3Cl)n2)CC1.CC(=O)N1CCN(CCNc2ccn(-c3ccc(Cl)cc3Cl)n2)CC1. The number of aromatic nitrogens is 4. The molecule has 2 amide bonds. The van der Waals surface area contributed by atoms with E-state index in [0.29, 0.717) is 20.1 Å². The first-order chi connectivity index (χ1) is 24.5. The van der Waals surface area contributed by atoms with Crippen molar-refractivity contribution in [1.29, 1.82) is 0 Å². The molecular formula is C35H44Cl4N10O2. The molecule has 2 aromatic carbocycles. The highest BCUT2D eigenvalue weighted by Crippen LogP contribution is 2.26. The van der Waals surface area contributed by atoms with Crippen LogP contribution < -0.4 is 10.6 Å². The van der Waals surface area contributed by atoms with E-state index in [0.717, 1.165) is 107 Å². The molecule has 6 rings (SSSR count). The normalized spacial score (nSPS) is 15.4. The summed E-state index contributed by atoms with van der Waals surface area (Å²) in [5, 5.41) is 18.1. The van der Waals surface area contributed by atoms with Crippen molar-refractivity contribution in [3.05, 3.63) is 80.5 Å². The molecule has 4 aromatic rings. The highest BCUT2D eigenvalue weighted by molar-refractivity contribution is 6.36. The van der Waals surface area contributed by atoms with E-state index in [1.54, 1.807) is 42.8 Å². The Labute approximate surface area is 319 Å². The van der Waals surface area contributed by atoms with Crippen molar-refractivity contribution >= 4 is 69.9 Å². The number of halogens is 4. The van der Waals surface area contributed by atoms with Crippen LogP contribution in [0, 0.1) is 6.92 Å². The third kappa shape index (κ3) is 11.0. The lowest BCUT2D eigenvalue weighted by atomic mass is 10.3. The number of nitrogens with one attached hydrogen (secondary N) is 2. The zero-order chi connectivity index (χ0) is 36.5. The van der Waals surface area contributed by atoms with E-state index in [9.17, 15) is 9.59 Å². The second kappa shape index (κ2) is 18.3. The lowest BCUT2D eigenvalue weighted by Crippen LogP contribution is -2.49. The summed E-state index contributed by atoms with van der Waals surface area (Å²) in [7, 11) is 0. The molecule has 0 unspecified atom stereocenters. The Morgan fingerprint density at radius 3 is 1.63 bits per heavy atom. The first kappa shape index (κ1) is 38.7. The number of rotatable bonds is 10. The average Bonchev–Trinajstić information content (AvgIpc) is 3.71. The second-order valence-electron chi connectivity index (χ2n) is 12.5. The van der Waals surface area contributed by atoms with Crippen LogP contribution in [0.3, 0.4) is 0 Å². The van der Waals surface area contributed by atoms with Gasteiger partial charge in [0, 0.05) is 126 Å². The highest BCUT2D eigenvalue weighted by Gasteiger charge is 2.19. The first-order valence-electron chi connectivity index (χ1n) is 16.9. The van der Waals surface area contributed by atoms with Crippen molar-refractivity contribution in [2.24, 2.45) is 0 Å². The van der Waals surface area contributed by atoms with E-state index in [-0.39, 0.29) is 11.8 Å². The second-order valence-corrected chi connectivity index (χ2v) is 14.2. The fourth-order valence-electron chi connectivity index (χ4n) is 5.93. The number of amides is 2. The molecule has 12 nitrogen and oxygen atoms in total. The van der Waals surface area contributed by atoms with E-state index < -0.39 is 0 Å². The van der Waals surface area contributed by atoms with Gasteiger partial charge in [0.1, 0.15) is 11.6 Å². The van der Waals surface area contributed by atoms with Crippen molar-refractivity contribution in [2.75, 3.05) is 89.2 Å². The number of anilines is 2. The standard InChI is InChI=1S/C18H23Cl2N5O.C17H21Cl2N5O/c1-13-11-18(22-25(13)17-4-3-15(19)12-16(17)20)21-5-6-23-7-9-24(10-8-23)14(2)26;1-13(25)23-10-8-22(9-11-23)7-5-20-17-4-6-24(21-17)16-3-2-14(18)12-15(16)19/h3-4,11-12H,5-10H2,1-2H3,(H,21,22);2-4,6,12H,5,7-11H2,1H3,(H,20,21). The summed E-state index contributed by atoms with van der Waals surface area (Å²) in [5.74, 6) is 1.93. The number of benzene rings is 2. The molecule has 0 bridgehead atoms. The van der Waals surface area contributed by atoms with E-state index in [2.05, 4.69) is 30.6 Å². The molecule has 0 aliphatic carbocycles. The zero-order valence-electron chi connectivity index (χ0n) is 29.1. The maximum atomic E-state index is 11.4. The number of carbonyl (C=O) groups excluding carboxylic acids is 2.